The highest BCUT2D eigenvalue weighted by Crippen LogP contribution is 2.29. The van der Waals surface area contributed by atoms with E-state index in [1.54, 1.807) is 0 Å². The molecule has 0 aliphatic heterocycles. The maximum absolute atomic E-state index is 9.35. The van der Waals surface area contributed by atoms with Crippen molar-refractivity contribution in [2.24, 2.45) is 17.6 Å². The maximum atomic E-state index is 9.35. The van der Waals surface area contributed by atoms with Crippen molar-refractivity contribution in [2.75, 3.05) is 0 Å². The highest BCUT2D eigenvalue weighted by Gasteiger charge is 2.27. The Morgan fingerprint density at radius 1 is 1.36 bits per heavy atom. The van der Waals surface area contributed by atoms with Crippen LogP contribution in [0.25, 0.3) is 0 Å². The second-order valence-corrected chi connectivity index (χ2v) is 4.05. The van der Waals surface area contributed by atoms with Crippen LogP contribution in [0.4, 0.5) is 0 Å². The minimum absolute atomic E-state index is 0.0242. The SMILES string of the molecule is CC(C)[C@H]1CC[C@H](O)C(N)C1. The van der Waals surface area contributed by atoms with Gasteiger partial charge in [-0.25, -0.2) is 0 Å². The van der Waals surface area contributed by atoms with Crippen LogP contribution in [0.2, 0.25) is 0 Å². The highest BCUT2D eigenvalue weighted by atomic mass is 16.3. The first-order valence-corrected chi connectivity index (χ1v) is 4.55. The van der Waals surface area contributed by atoms with Crippen LogP contribution in [-0.2, 0) is 0 Å². The van der Waals surface area contributed by atoms with Crippen LogP contribution in [0.5, 0.6) is 0 Å². The molecule has 0 aromatic rings. The quantitative estimate of drug-likeness (QED) is 0.599. The molecule has 0 bridgehead atoms. The Balaban J connectivity index is 2.40. The van der Waals surface area contributed by atoms with Crippen molar-refractivity contribution in [3.63, 3.8) is 0 Å². The molecular formula is C9H19NO. The first kappa shape index (κ1) is 9.01. The van der Waals surface area contributed by atoms with Crippen LogP contribution in [0.3, 0.4) is 0 Å². The summed E-state index contributed by atoms with van der Waals surface area (Å²) in [6, 6.07) is 0.0242. The van der Waals surface area contributed by atoms with Gasteiger partial charge in [0.05, 0.1) is 6.10 Å². The van der Waals surface area contributed by atoms with Crippen LogP contribution >= 0.6 is 0 Å². The lowest BCUT2D eigenvalue weighted by molar-refractivity contribution is 0.0752. The Hall–Kier alpha value is -0.0800. The van der Waals surface area contributed by atoms with Crippen molar-refractivity contribution < 1.29 is 5.11 Å². The van der Waals surface area contributed by atoms with Crippen LogP contribution in [0.1, 0.15) is 33.1 Å². The number of hydrogen-bond acceptors (Lipinski definition) is 2. The second kappa shape index (κ2) is 3.55. The Morgan fingerprint density at radius 3 is 2.45 bits per heavy atom. The van der Waals surface area contributed by atoms with E-state index in [9.17, 15) is 5.11 Å². The zero-order valence-corrected chi connectivity index (χ0v) is 7.46. The number of rotatable bonds is 1. The molecule has 2 heteroatoms. The van der Waals surface area contributed by atoms with E-state index >= 15 is 0 Å². The lowest BCUT2D eigenvalue weighted by Crippen LogP contribution is -2.41. The molecule has 1 aliphatic carbocycles. The molecule has 1 rings (SSSR count). The molecule has 0 radical (unpaired) electrons. The predicted molar refractivity (Wildman–Crippen MR) is 46.2 cm³/mol. The van der Waals surface area contributed by atoms with E-state index in [0.717, 1.165) is 25.2 Å². The summed E-state index contributed by atoms with van der Waals surface area (Å²) in [6.07, 6.45) is 2.79. The Kier molecular flexibility index (Phi) is 2.90. The summed E-state index contributed by atoms with van der Waals surface area (Å²) < 4.78 is 0. The Morgan fingerprint density at radius 2 is 2.00 bits per heavy atom. The van der Waals surface area contributed by atoms with Gasteiger partial charge >= 0.3 is 0 Å². The third-order valence-electron chi connectivity index (χ3n) is 2.85. The minimum atomic E-state index is -0.245. The number of aliphatic hydroxyl groups is 1. The average Bonchev–Trinajstić information content (AvgIpc) is 1.94. The number of aliphatic hydroxyl groups excluding tert-OH is 1. The van der Waals surface area contributed by atoms with E-state index in [0.29, 0.717) is 5.92 Å². The molecule has 0 aromatic heterocycles. The summed E-state index contributed by atoms with van der Waals surface area (Å²) in [6.45, 7) is 4.46. The van der Waals surface area contributed by atoms with Gasteiger partial charge in [-0.2, -0.15) is 0 Å². The van der Waals surface area contributed by atoms with Gasteiger partial charge in [-0.1, -0.05) is 13.8 Å². The lowest BCUT2D eigenvalue weighted by Gasteiger charge is -2.32. The molecule has 1 fully saturated rings. The predicted octanol–water partition coefficient (Wildman–Crippen LogP) is 1.13. The zero-order valence-electron chi connectivity index (χ0n) is 7.46. The zero-order chi connectivity index (χ0) is 8.43. The van der Waals surface area contributed by atoms with Gasteiger partial charge in [0.2, 0.25) is 0 Å². The van der Waals surface area contributed by atoms with Crippen molar-refractivity contribution in [3.05, 3.63) is 0 Å². The van der Waals surface area contributed by atoms with E-state index in [1.807, 2.05) is 0 Å². The molecule has 0 amide bonds. The van der Waals surface area contributed by atoms with Crippen molar-refractivity contribution in [2.45, 2.75) is 45.3 Å². The van der Waals surface area contributed by atoms with Crippen molar-refractivity contribution in [1.29, 1.82) is 0 Å². The van der Waals surface area contributed by atoms with Crippen LogP contribution in [0.15, 0.2) is 0 Å². The normalized spacial score (nSPS) is 39.5. The molecule has 2 nitrogen and oxygen atoms in total. The average molecular weight is 157 g/mol. The molecule has 11 heavy (non-hydrogen) atoms. The van der Waals surface area contributed by atoms with Crippen molar-refractivity contribution in [1.82, 2.24) is 0 Å². The third-order valence-corrected chi connectivity index (χ3v) is 2.85. The minimum Gasteiger partial charge on any atom is -0.392 e. The number of nitrogens with two attached hydrogens (primary N) is 1. The van der Waals surface area contributed by atoms with Gasteiger partial charge in [0, 0.05) is 6.04 Å². The Labute approximate surface area is 68.8 Å². The molecule has 0 heterocycles. The molecule has 0 aromatic carbocycles. The topological polar surface area (TPSA) is 46.2 Å². The van der Waals surface area contributed by atoms with Gasteiger partial charge in [-0.05, 0) is 31.1 Å². The van der Waals surface area contributed by atoms with Gasteiger partial charge in [-0.3, -0.25) is 0 Å². The van der Waals surface area contributed by atoms with Gasteiger partial charge in [0.1, 0.15) is 0 Å². The fourth-order valence-electron chi connectivity index (χ4n) is 1.83. The fourth-order valence-corrected chi connectivity index (χ4v) is 1.83. The molecule has 1 saturated carbocycles. The van der Waals surface area contributed by atoms with Gasteiger partial charge < -0.3 is 10.8 Å². The molecule has 0 spiro atoms. The van der Waals surface area contributed by atoms with Crippen molar-refractivity contribution in [3.8, 4) is 0 Å². The maximum Gasteiger partial charge on any atom is 0.0691 e. The monoisotopic (exact) mass is 157 g/mol. The number of hydrogen-bond donors (Lipinski definition) is 2. The first-order chi connectivity index (χ1) is 5.11. The molecule has 3 atom stereocenters. The van der Waals surface area contributed by atoms with Gasteiger partial charge in [-0.15, -0.1) is 0 Å². The van der Waals surface area contributed by atoms with E-state index < -0.39 is 0 Å². The smallest absolute Gasteiger partial charge is 0.0691 e. The largest absolute Gasteiger partial charge is 0.392 e. The van der Waals surface area contributed by atoms with E-state index in [-0.39, 0.29) is 12.1 Å². The molecule has 3 N–H and O–H groups in total. The standard InChI is InChI=1S/C9H19NO/c1-6(2)7-3-4-9(11)8(10)5-7/h6-9,11H,3-5,10H2,1-2H3/t7-,8?,9-/m0/s1. The third kappa shape index (κ3) is 2.17. The molecule has 66 valence electrons. The summed E-state index contributed by atoms with van der Waals surface area (Å²) in [4.78, 5) is 0. The summed E-state index contributed by atoms with van der Waals surface area (Å²) in [7, 11) is 0. The second-order valence-electron chi connectivity index (χ2n) is 4.05. The molecule has 0 saturated heterocycles. The van der Waals surface area contributed by atoms with Gasteiger partial charge in [0.25, 0.3) is 0 Å². The first-order valence-electron chi connectivity index (χ1n) is 4.55. The summed E-state index contributed by atoms with van der Waals surface area (Å²) in [5, 5.41) is 9.35. The van der Waals surface area contributed by atoms with E-state index in [1.165, 1.54) is 0 Å². The summed E-state index contributed by atoms with van der Waals surface area (Å²) in [5.41, 5.74) is 5.76. The lowest BCUT2D eigenvalue weighted by atomic mass is 9.78. The molecule has 1 aliphatic rings. The molecular weight excluding hydrogens is 138 g/mol. The van der Waals surface area contributed by atoms with Crippen molar-refractivity contribution >= 4 is 0 Å². The Bertz CT molecular complexity index is 125. The van der Waals surface area contributed by atoms with Crippen LogP contribution in [-0.4, -0.2) is 17.3 Å². The summed E-state index contributed by atoms with van der Waals surface area (Å²) in [5.74, 6) is 1.45. The van der Waals surface area contributed by atoms with Crippen LogP contribution < -0.4 is 5.73 Å². The van der Waals surface area contributed by atoms with E-state index in [2.05, 4.69) is 13.8 Å². The fraction of sp³-hybridized carbons (Fsp3) is 1.00. The van der Waals surface area contributed by atoms with Crippen LogP contribution in [0, 0.1) is 11.8 Å². The highest BCUT2D eigenvalue weighted by molar-refractivity contribution is 4.83. The van der Waals surface area contributed by atoms with E-state index in [4.69, 9.17) is 5.73 Å². The van der Waals surface area contributed by atoms with Gasteiger partial charge in [0.15, 0.2) is 0 Å². The summed E-state index contributed by atoms with van der Waals surface area (Å²) >= 11 is 0. The molecule has 1 unspecified atom stereocenters.